The normalized spacial score (nSPS) is 10.8. The van der Waals surface area contributed by atoms with Crippen LogP contribution in [0.3, 0.4) is 0 Å². The Labute approximate surface area is 132 Å². The summed E-state index contributed by atoms with van der Waals surface area (Å²) in [6.07, 6.45) is 5.25. The number of ether oxygens (including phenoxy) is 1. The van der Waals surface area contributed by atoms with E-state index in [-0.39, 0.29) is 5.97 Å². The summed E-state index contributed by atoms with van der Waals surface area (Å²) < 4.78 is 5.14. The number of unbranched alkanes of at least 4 members (excludes halogenated alkanes) is 1. The Balaban J connectivity index is 2.15. The Hall–Kier alpha value is -2.35. The van der Waals surface area contributed by atoms with Gasteiger partial charge in [0.25, 0.3) is 0 Å². The van der Waals surface area contributed by atoms with Gasteiger partial charge in [-0.2, -0.15) is 0 Å². The van der Waals surface area contributed by atoms with Crippen molar-refractivity contribution >= 4 is 12.0 Å². The molecule has 0 unspecified atom stereocenters. The molecule has 2 heteroatoms. The lowest BCUT2D eigenvalue weighted by atomic mass is 9.98. The number of carbonyl (C=O) groups excluding carboxylic acids is 1. The fourth-order valence-electron chi connectivity index (χ4n) is 2.16. The van der Waals surface area contributed by atoms with E-state index in [1.807, 2.05) is 24.3 Å². The van der Waals surface area contributed by atoms with E-state index in [1.54, 1.807) is 0 Å². The summed E-state index contributed by atoms with van der Waals surface area (Å²) in [5.74, 6) is -0.285. The van der Waals surface area contributed by atoms with Gasteiger partial charge in [-0.3, -0.25) is 0 Å². The first-order valence-corrected chi connectivity index (χ1v) is 7.71. The van der Waals surface area contributed by atoms with E-state index in [0.717, 1.165) is 29.5 Å². The molecule has 0 radical (unpaired) electrons. The third kappa shape index (κ3) is 4.59. The van der Waals surface area contributed by atoms with Crippen LogP contribution in [0.4, 0.5) is 0 Å². The van der Waals surface area contributed by atoms with Crippen LogP contribution in [0.25, 0.3) is 17.2 Å². The van der Waals surface area contributed by atoms with Crippen molar-refractivity contribution in [3.63, 3.8) is 0 Å². The molecule has 114 valence electrons. The molecule has 22 heavy (non-hydrogen) atoms. The van der Waals surface area contributed by atoms with Gasteiger partial charge >= 0.3 is 5.97 Å². The van der Waals surface area contributed by atoms with Crippen molar-refractivity contribution in [3.05, 3.63) is 65.7 Å². The maximum atomic E-state index is 11.7. The molecule has 0 saturated carbocycles. The van der Waals surface area contributed by atoms with Crippen LogP contribution in [-0.2, 0) is 9.53 Å². The fraction of sp³-hybridized carbons (Fsp3) is 0.250. The van der Waals surface area contributed by atoms with Gasteiger partial charge in [0.2, 0.25) is 0 Å². The van der Waals surface area contributed by atoms with E-state index in [9.17, 15) is 4.79 Å². The maximum absolute atomic E-state index is 11.7. The van der Waals surface area contributed by atoms with Gasteiger partial charge in [-0.15, -0.1) is 0 Å². The molecule has 0 aromatic heterocycles. The molecule has 2 aromatic rings. The topological polar surface area (TPSA) is 26.3 Å². The van der Waals surface area contributed by atoms with Gasteiger partial charge in [-0.1, -0.05) is 67.4 Å². The number of hydrogen-bond acceptors (Lipinski definition) is 2. The molecular weight excluding hydrogens is 272 g/mol. The SMILES string of the molecule is CCCCOC(=O)/C=C/c1ccccc1-c1ccc(C)cc1. The van der Waals surface area contributed by atoms with Crippen LogP contribution in [0.2, 0.25) is 0 Å². The minimum atomic E-state index is -0.285. The van der Waals surface area contributed by atoms with Gasteiger partial charge in [-0.25, -0.2) is 4.79 Å². The second kappa shape index (κ2) is 8.18. The van der Waals surface area contributed by atoms with Gasteiger partial charge in [0, 0.05) is 6.08 Å². The lowest BCUT2D eigenvalue weighted by Gasteiger charge is -2.07. The van der Waals surface area contributed by atoms with Gasteiger partial charge in [0.05, 0.1) is 6.61 Å². The molecule has 0 fully saturated rings. The number of benzene rings is 2. The monoisotopic (exact) mass is 294 g/mol. The highest BCUT2D eigenvalue weighted by Crippen LogP contribution is 2.25. The quantitative estimate of drug-likeness (QED) is 0.425. The molecule has 0 N–H and O–H groups in total. The second-order valence-corrected chi connectivity index (χ2v) is 5.31. The molecule has 2 nitrogen and oxygen atoms in total. The summed E-state index contributed by atoms with van der Waals surface area (Å²) in [6.45, 7) is 4.63. The number of aryl methyl sites for hydroxylation is 1. The van der Waals surface area contributed by atoms with E-state index in [2.05, 4.69) is 44.2 Å². The minimum absolute atomic E-state index is 0.285. The van der Waals surface area contributed by atoms with Crippen molar-refractivity contribution in [3.8, 4) is 11.1 Å². The Bertz CT molecular complexity index is 639. The molecule has 0 aliphatic heterocycles. The molecule has 0 spiro atoms. The van der Waals surface area contributed by atoms with Crippen LogP contribution in [0.5, 0.6) is 0 Å². The Morgan fingerprint density at radius 1 is 1.09 bits per heavy atom. The van der Waals surface area contributed by atoms with Crippen molar-refractivity contribution < 1.29 is 9.53 Å². The fourth-order valence-corrected chi connectivity index (χ4v) is 2.16. The van der Waals surface area contributed by atoms with Crippen LogP contribution >= 0.6 is 0 Å². The molecule has 0 amide bonds. The molecule has 0 atom stereocenters. The van der Waals surface area contributed by atoms with Crippen LogP contribution in [0, 0.1) is 6.92 Å². The maximum Gasteiger partial charge on any atom is 0.330 e. The van der Waals surface area contributed by atoms with Gasteiger partial charge in [0.15, 0.2) is 0 Å². The van der Waals surface area contributed by atoms with E-state index in [1.165, 1.54) is 11.6 Å². The number of rotatable bonds is 6. The summed E-state index contributed by atoms with van der Waals surface area (Å²) in [4.78, 5) is 11.7. The third-order valence-corrected chi connectivity index (χ3v) is 3.46. The zero-order valence-electron chi connectivity index (χ0n) is 13.2. The zero-order valence-corrected chi connectivity index (χ0v) is 13.2. The first-order chi connectivity index (χ1) is 10.7. The van der Waals surface area contributed by atoms with E-state index in [4.69, 9.17) is 4.74 Å². The average Bonchev–Trinajstić information content (AvgIpc) is 2.54. The summed E-state index contributed by atoms with van der Waals surface area (Å²) >= 11 is 0. The van der Waals surface area contributed by atoms with Crippen molar-refractivity contribution in [2.45, 2.75) is 26.7 Å². The summed E-state index contributed by atoms with van der Waals surface area (Å²) in [5, 5.41) is 0. The lowest BCUT2D eigenvalue weighted by Crippen LogP contribution is -2.01. The van der Waals surface area contributed by atoms with Gasteiger partial charge in [0.1, 0.15) is 0 Å². The van der Waals surface area contributed by atoms with Crippen molar-refractivity contribution in [2.24, 2.45) is 0 Å². The van der Waals surface area contributed by atoms with Crippen molar-refractivity contribution in [2.75, 3.05) is 6.61 Å². The first kappa shape index (κ1) is 16.0. The van der Waals surface area contributed by atoms with E-state index >= 15 is 0 Å². The lowest BCUT2D eigenvalue weighted by molar-refractivity contribution is -0.137. The van der Waals surface area contributed by atoms with E-state index < -0.39 is 0 Å². The zero-order chi connectivity index (χ0) is 15.8. The molecular formula is C20H22O2. The molecule has 0 aliphatic rings. The second-order valence-electron chi connectivity index (χ2n) is 5.31. The predicted molar refractivity (Wildman–Crippen MR) is 91.5 cm³/mol. The Morgan fingerprint density at radius 3 is 2.55 bits per heavy atom. The van der Waals surface area contributed by atoms with Gasteiger partial charge < -0.3 is 4.74 Å². The van der Waals surface area contributed by atoms with Crippen molar-refractivity contribution in [1.82, 2.24) is 0 Å². The molecule has 2 aromatic carbocycles. The largest absolute Gasteiger partial charge is 0.463 e. The Morgan fingerprint density at radius 2 is 1.82 bits per heavy atom. The Kier molecular flexibility index (Phi) is 5.96. The summed E-state index contributed by atoms with van der Waals surface area (Å²) in [5.41, 5.74) is 4.50. The number of hydrogen-bond donors (Lipinski definition) is 0. The van der Waals surface area contributed by atoms with Crippen LogP contribution < -0.4 is 0 Å². The van der Waals surface area contributed by atoms with Gasteiger partial charge in [-0.05, 0) is 36.1 Å². The minimum Gasteiger partial charge on any atom is -0.463 e. The number of carbonyl (C=O) groups is 1. The highest BCUT2D eigenvalue weighted by atomic mass is 16.5. The standard InChI is InChI=1S/C20H22O2/c1-3-4-15-22-20(21)14-13-17-7-5-6-8-19(17)18-11-9-16(2)10-12-18/h5-14H,3-4,15H2,1-2H3/b14-13+. The van der Waals surface area contributed by atoms with Crippen LogP contribution in [0.1, 0.15) is 30.9 Å². The summed E-state index contributed by atoms with van der Waals surface area (Å²) in [6, 6.07) is 16.4. The van der Waals surface area contributed by atoms with Crippen LogP contribution in [-0.4, -0.2) is 12.6 Å². The van der Waals surface area contributed by atoms with Crippen LogP contribution in [0.15, 0.2) is 54.6 Å². The van der Waals surface area contributed by atoms with Crippen molar-refractivity contribution in [1.29, 1.82) is 0 Å². The first-order valence-electron chi connectivity index (χ1n) is 7.71. The highest BCUT2D eigenvalue weighted by molar-refractivity contribution is 5.89. The number of esters is 1. The molecule has 0 heterocycles. The van der Waals surface area contributed by atoms with E-state index in [0.29, 0.717) is 6.61 Å². The molecule has 2 rings (SSSR count). The predicted octanol–water partition coefficient (Wildman–Crippen LogP) is 5.02. The molecule has 0 saturated heterocycles. The third-order valence-electron chi connectivity index (χ3n) is 3.46. The highest BCUT2D eigenvalue weighted by Gasteiger charge is 2.03. The molecule has 0 bridgehead atoms. The summed E-state index contributed by atoms with van der Waals surface area (Å²) in [7, 11) is 0. The smallest absolute Gasteiger partial charge is 0.330 e. The molecule has 0 aliphatic carbocycles. The average molecular weight is 294 g/mol.